The maximum absolute atomic E-state index is 14.7. The van der Waals surface area contributed by atoms with Crippen LogP contribution in [0.2, 0.25) is 0 Å². The van der Waals surface area contributed by atoms with Crippen molar-refractivity contribution in [3.63, 3.8) is 0 Å². The molecule has 0 aromatic heterocycles. The van der Waals surface area contributed by atoms with Crippen LogP contribution >= 0.6 is 0 Å². The average Bonchev–Trinajstić information content (AvgIpc) is 2.90. The van der Waals surface area contributed by atoms with Crippen molar-refractivity contribution in [2.24, 2.45) is 0 Å². The average molecular weight is 300 g/mol. The van der Waals surface area contributed by atoms with E-state index in [2.05, 4.69) is 6.92 Å². The third-order valence-electron chi connectivity index (χ3n) is 4.61. The molecule has 0 amide bonds. The lowest BCUT2D eigenvalue weighted by molar-refractivity contribution is 0.583. The molecule has 0 saturated carbocycles. The summed E-state index contributed by atoms with van der Waals surface area (Å²) in [6, 6.07) is 7.65. The first kappa shape index (κ1) is 15.2. The van der Waals surface area contributed by atoms with E-state index in [0.717, 1.165) is 54.4 Å². The Morgan fingerprint density at radius 3 is 1.82 bits per heavy atom. The van der Waals surface area contributed by atoms with Crippen LogP contribution in [0.4, 0.5) is 8.78 Å². The van der Waals surface area contributed by atoms with Crippen molar-refractivity contribution < 1.29 is 8.78 Å². The first-order chi connectivity index (χ1) is 10.7. The van der Waals surface area contributed by atoms with E-state index in [-0.39, 0.29) is 11.6 Å². The predicted molar refractivity (Wildman–Crippen MR) is 87.2 cm³/mol. The van der Waals surface area contributed by atoms with Crippen LogP contribution in [0.1, 0.15) is 55.4 Å². The Hall–Kier alpha value is -1.70. The van der Waals surface area contributed by atoms with Gasteiger partial charge in [-0.3, -0.25) is 0 Å². The van der Waals surface area contributed by atoms with Crippen LogP contribution in [0.5, 0.6) is 0 Å². The number of fused-ring (bicyclic) bond motifs is 3. The Balaban J connectivity index is 2.02. The lowest BCUT2D eigenvalue weighted by Crippen LogP contribution is -1.97. The number of benzene rings is 2. The van der Waals surface area contributed by atoms with Gasteiger partial charge in [0.25, 0.3) is 0 Å². The fourth-order valence-corrected chi connectivity index (χ4v) is 3.39. The Morgan fingerprint density at radius 1 is 0.773 bits per heavy atom. The maximum Gasteiger partial charge on any atom is 0.130 e. The number of unbranched alkanes of at least 4 members (excludes halogenated alkanes) is 1. The number of aryl methyl sites for hydroxylation is 2. The molecule has 1 aliphatic rings. The van der Waals surface area contributed by atoms with Gasteiger partial charge in [-0.15, -0.1) is 0 Å². The summed E-state index contributed by atoms with van der Waals surface area (Å²) in [6.45, 7) is 4.15. The molecular weight excluding hydrogens is 278 g/mol. The summed E-state index contributed by atoms with van der Waals surface area (Å²) >= 11 is 0. The highest BCUT2D eigenvalue weighted by atomic mass is 19.1. The minimum absolute atomic E-state index is 0.126. The zero-order chi connectivity index (χ0) is 15.7. The molecule has 116 valence electrons. The first-order valence-electron chi connectivity index (χ1n) is 8.28. The summed E-state index contributed by atoms with van der Waals surface area (Å²) in [6.07, 6.45) is 4.83. The van der Waals surface area contributed by atoms with Crippen LogP contribution in [0, 0.1) is 11.6 Å². The third kappa shape index (κ3) is 2.45. The van der Waals surface area contributed by atoms with Gasteiger partial charge in [0.2, 0.25) is 0 Å². The van der Waals surface area contributed by atoms with E-state index < -0.39 is 0 Å². The van der Waals surface area contributed by atoms with Gasteiger partial charge in [-0.05, 0) is 41.5 Å². The summed E-state index contributed by atoms with van der Waals surface area (Å²) in [5.74, 6) is -0.261. The van der Waals surface area contributed by atoms with Gasteiger partial charge in [0.15, 0.2) is 0 Å². The standard InChI is InChI=1S/C20H22F2/c1-3-5-7-14-9-11-16-15-10-8-13(6-4-2)19(21)17(15)12-18(16)20(14)22/h8-11H,3-7,12H2,1-2H3. The van der Waals surface area contributed by atoms with Gasteiger partial charge in [-0.25, -0.2) is 8.78 Å². The van der Waals surface area contributed by atoms with E-state index in [1.807, 2.05) is 31.2 Å². The van der Waals surface area contributed by atoms with E-state index >= 15 is 0 Å². The van der Waals surface area contributed by atoms with Crippen molar-refractivity contribution >= 4 is 0 Å². The molecule has 0 aliphatic heterocycles. The Bertz CT molecular complexity index is 701. The first-order valence-corrected chi connectivity index (χ1v) is 8.28. The third-order valence-corrected chi connectivity index (χ3v) is 4.61. The van der Waals surface area contributed by atoms with Crippen molar-refractivity contribution in [1.82, 2.24) is 0 Å². The van der Waals surface area contributed by atoms with Crippen molar-refractivity contribution in [2.45, 2.75) is 52.4 Å². The molecule has 0 radical (unpaired) electrons. The highest BCUT2D eigenvalue weighted by molar-refractivity contribution is 5.78. The molecule has 0 fully saturated rings. The fraction of sp³-hybridized carbons (Fsp3) is 0.400. The summed E-state index contributed by atoms with van der Waals surface area (Å²) < 4.78 is 29.4. The summed E-state index contributed by atoms with van der Waals surface area (Å²) in [5, 5.41) is 0. The zero-order valence-corrected chi connectivity index (χ0v) is 13.3. The lowest BCUT2D eigenvalue weighted by Gasteiger charge is -2.08. The number of hydrogen-bond donors (Lipinski definition) is 0. The van der Waals surface area contributed by atoms with Crippen molar-refractivity contribution in [1.29, 1.82) is 0 Å². The molecule has 2 heteroatoms. The Morgan fingerprint density at radius 2 is 1.32 bits per heavy atom. The molecule has 2 aromatic rings. The maximum atomic E-state index is 14.7. The highest BCUT2D eigenvalue weighted by Crippen LogP contribution is 2.41. The topological polar surface area (TPSA) is 0 Å². The lowest BCUT2D eigenvalue weighted by atomic mass is 9.99. The van der Waals surface area contributed by atoms with Gasteiger partial charge < -0.3 is 0 Å². The number of hydrogen-bond acceptors (Lipinski definition) is 0. The Labute approximate surface area is 131 Å². The monoisotopic (exact) mass is 300 g/mol. The minimum atomic E-state index is -0.134. The van der Waals surface area contributed by atoms with Gasteiger partial charge >= 0.3 is 0 Å². The van der Waals surface area contributed by atoms with Crippen LogP contribution in [-0.4, -0.2) is 0 Å². The molecule has 0 spiro atoms. The molecule has 22 heavy (non-hydrogen) atoms. The molecule has 0 nitrogen and oxygen atoms in total. The molecular formula is C20H22F2. The molecule has 2 aromatic carbocycles. The quantitative estimate of drug-likeness (QED) is 0.556. The molecule has 0 bridgehead atoms. The molecule has 0 N–H and O–H groups in total. The van der Waals surface area contributed by atoms with Gasteiger partial charge in [-0.1, -0.05) is 51.0 Å². The van der Waals surface area contributed by atoms with Crippen LogP contribution in [0.15, 0.2) is 24.3 Å². The summed E-state index contributed by atoms with van der Waals surface area (Å²) in [4.78, 5) is 0. The van der Waals surface area contributed by atoms with E-state index in [4.69, 9.17) is 0 Å². The second-order valence-corrected chi connectivity index (χ2v) is 6.16. The zero-order valence-electron chi connectivity index (χ0n) is 13.3. The van der Waals surface area contributed by atoms with Crippen LogP contribution in [0.3, 0.4) is 0 Å². The van der Waals surface area contributed by atoms with Crippen molar-refractivity contribution in [3.05, 3.63) is 58.2 Å². The highest BCUT2D eigenvalue weighted by Gasteiger charge is 2.26. The van der Waals surface area contributed by atoms with Crippen LogP contribution in [0.25, 0.3) is 11.1 Å². The van der Waals surface area contributed by atoms with Gasteiger partial charge in [-0.2, -0.15) is 0 Å². The Kier molecular flexibility index (Phi) is 4.28. The molecule has 1 aliphatic carbocycles. The van der Waals surface area contributed by atoms with Gasteiger partial charge in [0.05, 0.1) is 0 Å². The molecule has 0 unspecified atom stereocenters. The van der Waals surface area contributed by atoms with Gasteiger partial charge in [0, 0.05) is 17.5 Å². The van der Waals surface area contributed by atoms with Crippen LogP contribution in [-0.2, 0) is 19.3 Å². The number of halogens is 2. The minimum Gasteiger partial charge on any atom is -0.206 e. The SMILES string of the molecule is CCCCc1ccc2c(c1F)Cc1c-2ccc(CCC)c1F. The van der Waals surface area contributed by atoms with Crippen molar-refractivity contribution in [3.8, 4) is 11.1 Å². The van der Waals surface area contributed by atoms with Crippen LogP contribution < -0.4 is 0 Å². The second-order valence-electron chi connectivity index (χ2n) is 6.16. The molecule has 3 rings (SSSR count). The fourth-order valence-electron chi connectivity index (χ4n) is 3.39. The van der Waals surface area contributed by atoms with E-state index in [9.17, 15) is 8.78 Å². The van der Waals surface area contributed by atoms with E-state index in [1.165, 1.54) is 0 Å². The largest absolute Gasteiger partial charge is 0.206 e. The predicted octanol–water partition coefficient (Wildman–Crippen LogP) is 5.83. The molecule has 0 heterocycles. The summed E-state index contributed by atoms with van der Waals surface area (Å²) in [5.41, 5.74) is 4.61. The van der Waals surface area contributed by atoms with Crippen molar-refractivity contribution in [2.75, 3.05) is 0 Å². The smallest absolute Gasteiger partial charge is 0.130 e. The molecule has 0 saturated heterocycles. The molecule has 0 atom stereocenters. The second kappa shape index (κ2) is 6.20. The normalized spacial score (nSPS) is 12.4. The van der Waals surface area contributed by atoms with E-state index in [0.29, 0.717) is 17.5 Å². The van der Waals surface area contributed by atoms with Gasteiger partial charge in [0.1, 0.15) is 11.6 Å². The number of rotatable bonds is 5. The van der Waals surface area contributed by atoms with E-state index in [1.54, 1.807) is 0 Å². The summed E-state index contributed by atoms with van der Waals surface area (Å²) in [7, 11) is 0.